The Bertz CT molecular complexity index is 1380. The van der Waals surface area contributed by atoms with E-state index in [9.17, 15) is 28.0 Å². The van der Waals surface area contributed by atoms with Crippen LogP contribution in [0.15, 0.2) is 65.6 Å². The molecule has 2 amide bonds. The number of amides is 2. The SMILES string of the molecule is CCCC(C[C@H]([C@H](C/C=C/c1ccccc1)C(=O)NO)C(C)(C)CC)(C(=O)NN)C(=O)[C@@H](C)N.Cc1ccc(S(=O)(=O)O)cc1. The summed E-state index contributed by atoms with van der Waals surface area (Å²) >= 11 is 0. The van der Waals surface area contributed by atoms with Gasteiger partial charge in [-0.05, 0) is 62.1 Å². The van der Waals surface area contributed by atoms with Gasteiger partial charge in [0.25, 0.3) is 10.1 Å². The maximum Gasteiger partial charge on any atom is 0.294 e. The van der Waals surface area contributed by atoms with E-state index in [4.69, 9.17) is 16.1 Å². The summed E-state index contributed by atoms with van der Waals surface area (Å²) in [6.07, 6.45) is 5.68. The van der Waals surface area contributed by atoms with Crippen LogP contribution < -0.4 is 22.5 Å². The molecular weight excluding hydrogens is 596 g/mol. The standard InChI is InChI=1S/C26H42N4O4.C7H8O3S/c1-6-16-26(24(33)29-28,22(31)18(3)27)17-21(25(4,5)7-2)20(23(32)30-34)15-11-14-19-12-9-8-10-13-19;1-6-2-4-7(5-3-6)11(8,9)10/h8-14,18,20-21,34H,6-7,15-17,27-28H2,1-5H3,(H,29,33)(H,30,32);2-5H,1H3,(H,8,9,10)/b14-11+;/t18-,20+,21-,26?;/m1./s1. The quantitative estimate of drug-likeness (QED) is 0.0400. The molecule has 8 N–H and O–H groups in total. The number of hydrogen-bond acceptors (Lipinski definition) is 8. The number of hydrazine groups is 1. The normalized spacial score (nSPS) is 15.2. The van der Waals surface area contributed by atoms with E-state index in [1.165, 1.54) is 12.1 Å². The molecule has 0 fully saturated rings. The van der Waals surface area contributed by atoms with E-state index >= 15 is 0 Å². The van der Waals surface area contributed by atoms with Gasteiger partial charge >= 0.3 is 0 Å². The van der Waals surface area contributed by atoms with Crippen molar-refractivity contribution < 1.29 is 32.6 Å². The average Bonchev–Trinajstić information content (AvgIpc) is 3.01. The van der Waals surface area contributed by atoms with E-state index in [0.29, 0.717) is 19.3 Å². The molecule has 250 valence electrons. The van der Waals surface area contributed by atoms with Gasteiger partial charge in [-0.1, -0.05) is 101 Å². The third kappa shape index (κ3) is 11.5. The minimum Gasteiger partial charge on any atom is -0.322 e. The van der Waals surface area contributed by atoms with Crippen LogP contribution in [0.25, 0.3) is 6.08 Å². The number of ketones is 1. The molecule has 1 unspecified atom stereocenters. The van der Waals surface area contributed by atoms with Crippen LogP contribution in [0.4, 0.5) is 0 Å². The first-order chi connectivity index (χ1) is 21.0. The topological polar surface area (TPSA) is 202 Å². The van der Waals surface area contributed by atoms with Gasteiger partial charge in [0.15, 0.2) is 5.78 Å². The summed E-state index contributed by atoms with van der Waals surface area (Å²) in [6, 6.07) is 14.8. The highest BCUT2D eigenvalue weighted by atomic mass is 32.2. The molecule has 45 heavy (non-hydrogen) atoms. The van der Waals surface area contributed by atoms with Gasteiger partial charge in [-0.3, -0.25) is 29.6 Å². The summed E-state index contributed by atoms with van der Waals surface area (Å²) in [5.41, 5.74) is 9.95. The lowest BCUT2D eigenvalue weighted by atomic mass is 9.60. The minimum atomic E-state index is -4.02. The van der Waals surface area contributed by atoms with Crippen LogP contribution in [-0.4, -0.2) is 41.8 Å². The molecule has 0 aromatic heterocycles. The van der Waals surface area contributed by atoms with Gasteiger partial charge in [0.2, 0.25) is 11.8 Å². The zero-order valence-electron chi connectivity index (χ0n) is 27.1. The van der Waals surface area contributed by atoms with Crippen molar-refractivity contribution in [2.45, 2.75) is 84.6 Å². The Morgan fingerprint density at radius 1 is 1.02 bits per heavy atom. The number of benzene rings is 2. The van der Waals surface area contributed by atoms with E-state index in [-0.39, 0.29) is 17.7 Å². The molecule has 0 heterocycles. The maximum atomic E-state index is 13.4. The molecular formula is C33H50N4O7S. The number of hydroxylamine groups is 1. The number of nitrogens with one attached hydrogen (secondary N) is 2. The summed E-state index contributed by atoms with van der Waals surface area (Å²) in [5.74, 6) is 2.84. The Balaban J connectivity index is 0.000000768. The summed E-state index contributed by atoms with van der Waals surface area (Å²) in [5, 5.41) is 9.55. The van der Waals surface area contributed by atoms with E-state index in [2.05, 4.69) is 5.43 Å². The first-order valence-corrected chi connectivity index (χ1v) is 16.4. The van der Waals surface area contributed by atoms with Crippen LogP contribution in [0.5, 0.6) is 0 Å². The second-order valence-electron chi connectivity index (χ2n) is 12.0. The highest BCUT2D eigenvalue weighted by Gasteiger charge is 2.51. The Morgan fingerprint density at radius 2 is 1.60 bits per heavy atom. The number of hydrogen-bond donors (Lipinski definition) is 6. The average molecular weight is 647 g/mol. The molecule has 11 nitrogen and oxygen atoms in total. The molecule has 0 bridgehead atoms. The van der Waals surface area contributed by atoms with Crippen LogP contribution in [0, 0.1) is 29.6 Å². The van der Waals surface area contributed by atoms with Gasteiger partial charge in [-0.2, -0.15) is 8.42 Å². The molecule has 2 aromatic carbocycles. The van der Waals surface area contributed by atoms with Crippen molar-refractivity contribution >= 4 is 33.8 Å². The predicted molar refractivity (Wildman–Crippen MR) is 175 cm³/mol. The fourth-order valence-electron chi connectivity index (χ4n) is 5.41. The van der Waals surface area contributed by atoms with E-state index < -0.39 is 56.4 Å². The van der Waals surface area contributed by atoms with Crippen LogP contribution >= 0.6 is 0 Å². The van der Waals surface area contributed by atoms with E-state index in [1.54, 1.807) is 24.5 Å². The van der Waals surface area contributed by atoms with Crippen LogP contribution in [-0.2, 0) is 24.5 Å². The molecule has 0 saturated heterocycles. The molecule has 0 saturated carbocycles. The molecule has 0 spiro atoms. The molecule has 2 aromatic rings. The van der Waals surface area contributed by atoms with Crippen molar-refractivity contribution in [3.8, 4) is 0 Å². The van der Waals surface area contributed by atoms with Crippen LogP contribution in [0.3, 0.4) is 0 Å². The van der Waals surface area contributed by atoms with Crippen molar-refractivity contribution in [3.05, 3.63) is 71.8 Å². The highest BCUT2D eigenvalue weighted by Crippen LogP contribution is 2.47. The lowest BCUT2D eigenvalue weighted by Gasteiger charge is -2.43. The lowest BCUT2D eigenvalue weighted by Crippen LogP contribution is -2.56. The number of carbonyl (C=O) groups is 3. The molecule has 0 aliphatic heterocycles. The number of allylic oxidation sites excluding steroid dienone is 1. The Kier molecular flexibility index (Phi) is 15.8. The van der Waals surface area contributed by atoms with Gasteiger partial charge in [0, 0.05) is 5.92 Å². The summed E-state index contributed by atoms with van der Waals surface area (Å²) < 4.78 is 29.6. The molecule has 0 radical (unpaired) electrons. The van der Waals surface area contributed by atoms with Crippen LogP contribution in [0.2, 0.25) is 0 Å². The fourth-order valence-corrected chi connectivity index (χ4v) is 5.89. The number of nitrogens with two attached hydrogens (primary N) is 2. The minimum absolute atomic E-state index is 0.0666. The third-order valence-corrected chi connectivity index (χ3v) is 9.23. The van der Waals surface area contributed by atoms with Crippen molar-refractivity contribution in [1.29, 1.82) is 0 Å². The Morgan fingerprint density at radius 3 is 2.04 bits per heavy atom. The molecule has 0 aliphatic rings. The highest BCUT2D eigenvalue weighted by molar-refractivity contribution is 7.85. The molecule has 12 heteroatoms. The third-order valence-electron chi connectivity index (χ3n) is 8.36. The molecule has 0 aliphatic carbocycles. The summed E-state index contributed by atoms with van der Waals surface area (Å²) in [6.45, 7) is 11.3. The van der Waals surface area contributed by atoms with E-state index in [0.717, 1.165) is 11.1 Å². The number of carbonyl (C=O) groups excluding carboxylic acids is 3. The second kappa shape index (κ2) is 17.9. The van der Waals surface area contributed by atoms with Gasteiger partial charge in [0.1, 0.15) is 5.41 Å². The van der Waals surface area contributed by atoms with Gasteiger partial charge < -0.3 is 5.73 Å². The fraction of sp³-hybridized carbons (Fsp3) is 0.485. The summed E-state index contributed by atoms with van der Waals surface area (Å²) in [7, 11) is -4.02. The second-order valence-corrected chi connectivity index (χ2v) is 13.5. The van der Waals surface area contributed by atoms with E-state index in [1.807, 2.05) is 77.1 Å². The number of aryl methyl sites for hydroxylation is 1. The Labute approximate surface area is 267 Å². The van der Waals surface area contributed by atoms with Gasteiger partial charge in [-0.15, -0.1) is 0 Å². The monoisotopic (exact) mass is 646 g/mol. The van der Waals surface area contributed by atoms with Crippen molar-refractivity contribution in [1.82, 2.24) is 10.9 Å². The molecule has 2 rings (SSSR count). The predicted octanol–water partition coefficient (Wildman–Crippen LogP) is 4.59. The lowest BCUT2D eigenvalue weighted by molar-refractivity contribution is -0.149. The smallest absolute Gasteiger partial charge is 0.294 e. The first-order valence-electron chi connectivity index (χ1n) is 15.0. The Hall–Kier alpha value is -3.42. The van der Waals surface area contributed by atoms with Crippen molar-refractivity contribution in [2.24, 2.45) is 34.2 Å². The van der Waals surface area contributed by atoms with Crippen molar-refractivity contribution in [2.75, 3.05) is 0 Å². The van der Waals surface area contributed by atoms with Crippen LogP contribution in [0.1, 0.15) is 77.8 Å². The maximum absolute atomic E-state index is 13.4. The first kappa shape index (κ1) is 39.6. The zero-order valence-corrected chi connectivity index (χ0v) is 27.9. The van der Waals surface area contributed by atoms with Gasteiger partial charge in [0.05, 0.1) is 10.9 Å². The number of rotatable bonds is 15. The number of Topliss-reactive ketones (excluding diaryl/α,β-unsaturated/α-hetero) is 1. The molecule has 4 atom stereocenters. The summed E-state index contributed by atoms with van der Waals surface area (Å²) in [4.78, 5) is 39.3. The zero-order chi connectivity index (χ0) is 34.4. The largest absolute Gasteiger partial charge is 0.322 e. The van der Waals surface area contributed by atoms with Crippen molar-refractivity contribution in [3.63, 3.8) is 0 Å². The van der Waals surface area contributed by atoms with Gasteiger partial charge in [-0.25, -0.2) is 11.3 Å².